The largest absolute Gasteiger partial charge is 0.662 e. The third kappa shape index (κ3) is 5.49. The number of benzene rings is 1. The molecular weight excluding hydrogens is 512 g/mol. The Morgan fingerprint density at radius 2 is 1.89 bits per heavy atom. The fourth-order valence-electron chi connectivity index (χ4n) is 2.67. The van der Waals surface area contributed by atoms with Crippen LogP contribution in [-0.4, -0.2) is 14.1 Å². The molecule has 1 radical (unpaired) electrons. The molecule has 4 aromatic rings. The van der Waals surface area contributed by atoms with Gasteiger partial charge in [0.05, 0.1) is 5.69 Å². The monoisotopic (exact) mass is 536 g/mol. The van der Waals surface area contributed by atoms with Gasteiger partial charge in [0, 0.05) is 39.0 Å². The standard InChI is InChI=1S/C11H12N2.C11H11N2.Ir/c1-10-3-5-11(6-4-10)13-8-7-12(2)9-13;1-8-6-9(2)11(13-7-8)10-4-3-5-12-10;/h3-5,7-9H,1-2H3;3-7H,1-2H3;/q;-1;. The van der Waals surface area contributed by atoms with E-state index < -0.39 is 0 Å². The van der Waals surface area contributed by atoms with E-state index >= 15 is 0 Å². The van der Waals surface area contributed by atoms with Gasteiger partial charge in [-0.05, 0) is 25.0 Å². The molecule has 0 unspecified atom stereocenters. The van der Waals surface area contributed by atoms with Gasteiger partial charge in [-0.2, -0.15) is 23.9 Å². The molecule has 4 nitrogen and oxygen atoms in total. The second-order valence-corrected chi connectivity index (χ2v) is 6.44. The van der Waals surface area contributed by atoms with Gasteiger partial charge >= 0.3 is 0 Å². The summed E-state index contributed by atoms with van der Waals surface area (Å²) in [7, 11) is 2.00. The number of hydrogen-bond acceptors (Lipinski definition) is 1. The molecule has 141 valence electrons. The van der Waals surface area contributed by atoms with Crippen molar-refractivity contribution in [3.8, 4) is 17.1 Å². The number of pyridine rings is 1. The summed E-state index contributed by atoms with van der Waals surface area (Å²) in [6.07, 6.45) is 9.70. The molecule has 4 rings (SSSR count). The van der Waals surface area contributed by atoms with Gasteiger partial charge in [0.25, 0.3) is 0 Å². The summed E-state index contributed by atoms with van der Waals surface area (Å²) in [5.41, 5.74) is 6.62. The van der Waals surface area contributed by atoms with E-state index in [9.17, 15) is 0 Å². The van der Waals surface area contributed by atoms with Crippen molar-refractivity contribution < 1.29 is 20.1 Å². The van der Waals surface area contributed by atoms with Gasteiger partial charge in [-0.1, -0.05) is 25.1 Å². The van der Waals surface area contributed by atoms with E-state index in [1.807, 2.05) is 66.2 Å². The minimum Gasteiger partial charge on any atom is -0.662 e. The zero-order chi connectivity index (χ0) is 18.5. The topological polar surface area (TPSA) is 36.9 Å². The SMILES string of the molecule is Cc1c[c-]c(-n2ccn(C)[cH+]2)cc1.Cc1cnc(-c2ccc[n-]2)c(C)c1.[Ir]. The van der Waals surface area contributed by atoms with Gasteiger partial charge < -0.3 is 4.98 Å². The Balaban J connectivity index is 0.000000187. The molecule has 0 saturated carbocycles. The first-order valence-corrected chi connectivity index (χ1v) is 8.56. The van der Waals surface area contributed by atoms with Crippen molar-refractivity contribution in [2.45, 2.75) is 20.8 Å². The molecule has 0 bridgehead atoms. The summed E-state index contributed by atoms with van der Waals surface area (Å²) in [6, 6.07) is 15.4. The van der Waals surface area contributed by atoms with Crippen LogP contribution in [0.15, 0.2) is 67.5 Å². The van der Waals surface area contributed by atoms with Crippen LogP contribution in [0.5, 0.6) is 0 Å². The first kappa shape index (κ1) is 20.8. The van der Waals surface area contributed by atoms with Crippen LogP contribution in [0.4, 0.5) is 0 Å². The zero-order valence-corrected chi connectivity index (χ0v) is 18.4. The summed E-state index contributed by atoms with van der Waals surface area (Å²) < 4.78 is 4.05. The van der Waals surface area contributed by atoms with E-state index in [-0.39, 0.29) is 20.1 Å². The molecule has 3 heterocycles. The van der Waals surface area contributed by atoms with E-state index in [1.165, 1.54) is 16.7 Å². The van der Waals surface area contributed by atoms with E-state index in [4.69, 9.17) is 0 Å². The minimum atomic E-state index is 0. The smallest absolute Gasteiger partial charge is 0.163 e. The molecule has 0 aliphatic heterocycles. The van der Waals surface area contributed by atoms with Crippen LogP contribution in [0.2, 0.25) is 0 Å². The molecule has 0 spiro atoms. The Morgan fingerprint density at radius 3 is 2.44 bits per heavy atom. The molecule has 0 atom stereocenters. The Morgan fingerprint density at radius 1 is 1.07 bits per heavy atom. The Kier molecular flexibility index (Phi) is 7.28. The number of aromatic nitrogens is 4. The average molecular weight is 536 g/mol. The summed E-state index contributed by atoms with van der Waals surface area (Å²) in [6.45, 7) is 6.17. The van der Waals surface area contributed by atoms with Crippen LogP contribution in [0.1, 0.15) is 16.7 Å². The van der Waals surface area contributed by atoms with Crippen LogP contribution < -0.4 is 4.98 Å². The van der Waals surface area contributed by atoms with Gasteiger partial charge in [0.1, 0.15) is 12.4 Å². The van der Waals surface area contributed by atoms with Crippen LogP contribution in [0, 0.1) is 26.8 Å². The van der Waals surface area contributed by atoms with Crippen molar-refractivity contribution in [1.29, 1.82) is 0 Å². The van der Waals surface area contributed by atoms with Crippen molar-refractivity contribution in [3.63, 3.8) is 0 Å². The number of nitrogens with zero attached hydrogens (tertiary/aromatic N) is 4. The maximum Gasteiger partial charge on any atom is 0.163 e. The fraction of sp³-hybridized carbons (Fsp3) is 0.182. The van der Waals surface area contributed by atoms with Gasteiger partial charge in [-0.3, -0.25) is 9.55 Å². The molecule has 0 aliphatic rings. The van der Waals surface area contributed by atoms with Crippen molar-refractivity contribution in [2.75, 3.05) is 0 Å². The Bertz CT molecular complexity index is 970. The molecule has 0 N–H and O–H groups in total. The summed E-state index contributed by atoms with van der Waals surface area (Å²) in [5.74, 6) is 0. The first-order valence-electron chi connectivity index (χ1n) is 8.56. The van der Waals surface area contributed by atoms with Crippen molar-refractivity contribution in [2.24, 2.45) is 7.05 Å². The van der Waals surface area contributed by atoms with Crippen molar-refractivity contribution in [1.82, 2.24) is 19.1 Å². The molecule has 0 aliphatic carbocycles. The third-order valence-corrected chi connectivity index (χ3v) is 4.01. The van der Waals surface area contributed by atoms with Crippen LogP contribution >= 0.6 is 0 Å². The molecule has 0 amide bonds. The summed E-state index contributed by atoms with van der Waals surface area (Å²) in [4.78, 5) is 8.57. The van der Waals surface area contributed by atoms with Crippen LogP contribution in [0.3, 0.4) is 0 Å². The number of imidazole rings is 1. The molecule has 5 heteroatoms. The van der Waals surface area contributed by atoms with Gasteiger partial charge in [-0.15, -0.1) is 17.8 Å². The van der Waals surface area contributed by atoms with Crippen LogP contribution in [-0.2, 0) is 27.2 Å². The molecule has 0 fully saturated rings. The number of hydrogen-bond donors (Lipinski definition) is 0. The summed E-state index contributed by atoms with van der Waals surface area (Å²) in [5, 5.41) is 0. The molecule has 0 saturated heterocycles. The normalized spacial score (nSPS) is 9.93. The van der Waals surface area contributed by atoms with E-state index in [1.54, 1.807) is 6.20 Å². The maximum atomic E-state index is 4.36. The molecule has 27 heavy (non-hydrogen) atoms. The minimum absolute atomic E-state index is 0. The van der Waals surface area contributed by atoms with Crippen molar-refractivity contribution in [3.05, 3.63) is 90.3 Å². The van der Waals surface area contributed by atoms with E-state index in [2.05, 4.69) is 48.1 Å². The fourth-order valence-corrected chi connectivity index (χ4v) is 2.67. The van der Waals surface area contributed by atoms with E-state index in [0.29, 0.717) is 0 Å². The van der Waals surface area contributed by atoms with Gasteiger partial charge in [-0.25, -0.2) is 4.57 Å². The quantitative estimate of drug-likeness (QED) is 0.354. The number of aryl methyl sites for hydroxylation is 4. The second kappa shape index (κ2) is 9.45. The zero-order valence-electron chi connectivity index (χ0n) is 16.0. The Hall–Kier alpha value is -2.49. The van der Waals surface area contributed by atoms with Crippen molar-refractivity contribution >= 4 is 0 Å². The number of rotatable bonds is 2. The average Bonchev–Trinajstić information content (AvgIpc) is 3.28. The predicted molar refractivity (Wildman–Crippen MR) is 105 cm³/mol. The van der Waals surface area contributed by atoms with Gasteiger partial charge in [0.15, 0.2) is 6.33 Å². The molecule has 1 aromatic carbocycles. The van der Waals surface area contributed by atoms with Gasteiger partial charge in [0.2, 0.25) is 0 Å². The third-order valence-electron chi connectivity index (χ3n) is 4.01. The van der Waals surface area contributed by atoms with Crippen LogP contribution in [0.25, 0.3) is 17.1 Å². The Labute approximate surface area is 174 Å². The second-order valence-electron chi connectivity index (χ2n) is 6.44. The maximum absolute atomic E-state index is 4.36. The predicted octanol–water partition coefficient (Wildman–Crippen LogP) is 4.53. The van der Waals surface area contributed by atoms with E-state index in [0.717, 1.165) is 17.1 Å². The molecular formula is C22H23IrN4-. The molecule has 3 aromatic heterocycles. The first-order chi connectivity index (χ1) is 12.5. The summed E-state index contributed by atoms with van der Waals surface area (Å²) >= 11 is 0.